The van der Waals surface area contributed by atoms with E-state index in [9.17, 15) is 8.42 Å². The van der Waals surface area contributed by atoms with Gasteiger partial charge in [-0.25, -0.2) is 13.1 Å². The van der Waals surface area contributed by atoms with Crippen molar-refractivity contribution in [3.05, 3.63) is 24.3 Å². The number of anilines is 1. The van der Waals surface area contributed by atoms with E-state index in [-0.39, 0.29) is 4.90 Å². The maximum atomic E-state index is 11.8. The van der Waals surface area contributed by atoms with E-state index in [2.05, 4.69) is 4.72 Å². The van der Waals surface area contributed by atoms with Crippen molar-refractivity contribution >= 4 is 15.7 Å². The lowest BCUT2D eigenvalue weighted by atomic mass is 10.1. The fourth-order valence-corrected chi connectivity index (χ4v) is 2.29. The fraction of sp³-hybridized carbons (Fsp3) is 0.455. The molecule has 1 unspecified atom stereocenters. The van der Waals surface area contributed by atoms with Gasteiger partial charge in [-0.1, -0.05) is 20.3 Å². The Balaban J connectivity index is 2.74. The second-order valence-electron chi connectivity index (χ2n) is 3.93. The third-order valence-corrected chi connectivity index (χ3v) is 3.95. The topological polar surface area (TPSA) is 72.2 Å². The Morgan fingerprint density at radius 3 is 2.38 bits per heavy atom. The standard InChI is InChI=1S/C11H18N2O2S/c1-3-9(2)8-13-16(14,15)11-6-4-10(12)5-7-11/h4-7,9,13H,3,8,12H2,1-2H3. The van der Waals surface area contributed by atoms with Gasteiger partial charge in [0.2, 0.25) is 10.0 Å². The number of nitrogens with one attached hydrogen (secondary N) is 1. The minimum absolute atomic E-state index is 0.255. The molecule has 0 spiro atoms. The van der Waals surface area contributed by atoms with Crippen LogP contribution in [0.5, 0.6) is 0 Å². The molecular weight excluding hydrogens is 224 g/mol. The van der Waals surface area contributed by atoms with Crippen molar-refractivity contribution in [3.63, 3.8) is 0 Å². The lowest BCUT2D eigenvalue weighted by molar-refractivity contribution is 0.528. The third-order valence-electron chi connectivity index (χ3n) is 2.51. The summed E-state index contributed by atoms with van der Waals surface area (Å²) in [5.41, 5.74) is 6.05. The lowest BCUT2D eigenvalue weighted by Gasteiger charge is -2.10. The van der Waals surface area contributed by atoms with Crippen molar-refractivity contribution < 1.29 is 8.42 Å². The molecule has 0 amide bonds. The normalized spacial score (nSPS) is 13.6. The highest BCUT2D eigenvalue weighted by Crippen LogP contribution is 2.11. The molecule has 0 aliphatic rings. The highest BCUT2D eigenvalue weighted by Gasteiger charge is 2.13. The van der Waals surface area contributed by atoms with Crippen LogP contribution in [0.1, 0.15) is 20.3 Å². The van der Waals surface area contributed by atoms with Crippen molar-refractivity contribution in [2.45, 2.75) is 25.2 Å². The Kier molecular flexibility index (Phi) is 4.32. The summed E-state index contributed by atoms with van der Waals surface area (Å²) in [4.78, 5) is 0.255. The first-order valence-electron chi connectivity index (χ1n) is 5.31. The van der Waals surface area contributed by atoms with Gasteiger partial charge in [-0.2, -0.15) is 0 Å². The quantitative estimate of drug-likeness (QED) is 0.770. The van der Waals surface area contributed by atoms with Gasteiger partial charge in [-0.15, -0.1) is 0 Å². The summed E-state index contributed by atoms with van der Waals surface area (Å²) in [6, 6.07) is 6.18. The van der Waals surface area contributed by atoms with E-state index in [4.69, 9.17) is 5.73 Å². The third kappa shape index (κ3) is 3.50. The average molecular weight is 242 g/mol. The van der Waals surface area contributed by atoms with Gasteiger partial charge < -0.3 is 5.73 Å². The average Bonchev–Trinajstić information content (AvgIpc) is 2.26. The molecule has 0 aliphatic heterocycles. The van der Waals surface area contributed by atoms with Crippen LogP contribution in [0.2, 0.25) is 0 Å². The number of sulfonamides is 1. The van der Waals surface area contributed by atoms with Crippen LogP contribution < -0.4 is 10.5 Å². The van der Waals surface area contributed by atoms with Crippen LogP contribution in [0.4, 0.5) is 5.69 Å². The van der Waals surface area contributed by atoms with Gasteiger partial charge in [0.1, 0.15) is 0 Å². The van der Waals surface area contributed by atoms with Crippen LogP contribution in [-0.2, 0) is 10.0 Å². The Labute approximate surface area is 96.9 Å². The molecule has 1 rings (SSSR count). The van der Waals surface area contributed by atoms with Crippen LogP contribution in [0.25, 0.3) is 0 Å². The van der Waals surface area contributed by atoms with Crippen molar-refractivity contribution in [1.29, 1.82) is 0 Å². The number of benzene rings is 1. The molecule has 0 aliphatic carbocycles. The summed E-state index contributed by atoms with van der Waals surface area (Å²) in [6.45, 7) is 4.50. The minimum Gasteiger partial charge on any atom is -0.399 e. The predicted molar refractivity (Wildman–Crippen MR) is 65.5 cm³/mol. The van der Waals surface area contributed by atoms with Crippen molar-refractivity contribution in [2.75, 3.05) is 12.3 Å². The maximum absolute atomic E-state index is 11.8. The van der Waals surface area contributed by atoms with Crippen molar-refractivity contribution in [1.82, 2.24) is 4.72 Å². The monoisotopic (exact) mass is 242 g/mol. The zero-order valence-corrected chi connectivity index (χ0v) is 10.4. The second kappa shape index (κ2) is 5.32. The van der Waals surface area contributed by atoms with Gasteiger partial charge in [0.25, 0.3) is 0 Å². The van der Waals surface area contributed by atoms with E-state index in [0.717, 1.165) is 6.42 Å². The molecule has 4 nitrogen and oxygen atoms in total. The molecule has 0 radical (unpaired) electrons. The van der Waals surface area contributed by atoms with E-state index in [0.29, 0.717) is 18.2 Å². The molecule has 0 saturated carbocycles. The molecule has 0 saturated heterocycles. The molecule has 0 heterocycles. The zero-order chi connectivity index (χ0) is 12.2. The number of hydrogen-bond donors (Lipinski definition) is 2. The maximum Gasteiger partial charge on any atom is 0.240 e. The Bertz CT molecular complexity index is 426. The Morgan fingerprint density at radius 1 is 1.31 bits per heavy atom. The molecule has 0 bridgehead atoms. The predicted octanol–water partition coefficient (Wildman–Crippen LogP) is 1.59. The molecule has 1 atom stereocenters. The van der Waals surface area contributed by atoms with Crippen LogP contribution >= 0.6 is 0 Å². The van der Waals surface area contributed by atoms with E-state index < -0.39 is 10.0 Å². The van der Waals surface area contributed by atoms with Gasteiger partial charge in [0.15, 0.2) is 0 Å². The van der Waals surface area contributed by atoms with Gasteiger partial charge in [0, 0.05) is 12.2 Å². The molecule has 3 N–H and O–H groups in total. The fourth-order valence-electron chi connectivity index (χ4n) is 1.13. The summed E-state index contributed by atoms with van der Waals surface area (Å²) >= 11 is 0. The molecule has 90 valence electrons. The molecule has 5 heteroatoms. The van der Waals surface area contributed by atoms with Crippen molar-refractivity contribution in [3.8, 4) is 0 Å². The smallest absolute Gasteiger partial charge is 0.240 e. The van der Waals surface area contributed by atoms with Crippen LogP contribution in [-0.4, -0.2) is 15.0 Å². The van der Waals surface area contributed by atoms with E-state index in [1.54, 1.807) is 12.1 Å². The van der Waals surface area contributed by atoms with Gasteiger partial charge in [0.05, 0.1) is 4.90 Å². The Morgan fingerprint density at radius 2 is 1.88 bits per heavy atom. The summed E-state index contributed by atoms with van der Waals surface area (Å²) in [7, 11) is -3.39. The van der Waals surface area contributed by atoms with Crippen molar-refractivity contribution in [2.24, 2.45) is 5.92 Å². The van der Waals surface area contributed by atoms with Gasteiger partial charge >= 0.3 is 0 Å². The number of hydrogen-bond acceptors (Lipinski definition) is 3. The highest BCUT2D eigenvalue weighted by molar-refractivity contribution is 7.89. The first-order chi connectivity index (χ1) is 7.45. The molecule has 0 fully saturated rings. The number of nitrogen functional groups attached to an aromatic ring is 1. The van der Waals surface area contributed by atoms with E-state index >= 15 is 0 Å². The van der Waals surface area contributed by atoms with E-state index in [1.807, 2.05) is 13.8 Å². The molecular formula is C11H18N2O2S. The largest absolute Gasteiger partial charge is 0.399 e. The first-order valence-corrected chi connectivity index (χ1v) is 6.79. The molecule has 0 aromatic heterocycles. The summed E-state index contributed by atoms with van der Waals surface area (Å²) in [5.74, 6) is 0.337. The summed E-state index contributed by atoms with van der Waals surface area (Å²) in [5, 5.41) is 0. The highest BCUT2D eigenvalue weighted by atomic mass is 32.2. The lowest BCUT2D eigenvalue weighted by Crippen LogP contribution is -2.28. The zero-order valence-electron chi connectivity index (χ0n) is 9.60. The van der Waals surface area contributed by atoms with Crippen LogP contribution in [0, 0.1) is 5.92 Å². The van der Waals surface area contributed by atoms with Crippen LogP contribution in [0.15, 0.2) is 29.2 Å². The number of nitrogens with two attached hydrogens (primary N) is 1. The van der Waals surface area contributed by atoms with E-state index in [1.165, 1.54) is 12.1 Å². The van der Waals surface area contributed by atoms with Gasteiger partial charge in [-0.05, 0) is 30.2 Å². The molecule has 16 heavy (non-hydrogen) atoms. The number of rotatable bonds is 5. The Hall–Kier alpha value is -1.07. The second-order valence-corrected chi connectivity index (χ2v) is 5.70. The van der Waals surface area contributed by atoms with Crippen LogP contribution in [0.3, 0.4) is 0 Å². The molecule has 1 aromatic carbocycles. The molecule has 1 aromatic rings. The minimum atomic E-state index is -3.39. The first kappa shape index (κ1) is 13.0. The van der Waals surface area contributed by atoms with Gasteiger partial charge in [-0.3, -0.25) is 0 Å². The summed E-state index contributed by atoms with van der Waals surface area (Å²) in [6.07, 6.45) is 0.949. The SMILES string of the molecule is CCC(C)CNS(=O)(=O)c1ccc(N)cc1. The summed E-state index contributed by atoms with van der Waals surface area (Å²) < 4.78 is 26.2.